The Morgan fingerprint density at radius 2 is 1.02 bits per heavy atom. The van der Waals surface area contributed by atoms with Crippen LogP contribution < -0.4 is 24.0 Å². The molecule has 232 valence electrons. The van der Waals surface area contributed by atoms with E-state index < -0.39 is 31.2 Å². The molecular weight excluding hydrogens is 734 g/mol. The summed E-state index contributed by atoms with van der Waals surface area (Å²) in [5, 5.41) is 0.356. The molecule has 0 aliphatic carbocycles. The first-order chi connectivity index (χ1) is 22.6. The lowest BCUT2D eigenvalue weighted by Gasteiger charge is -2.21. The summed E-state index contributed by atoms with van der Waals surface area (Å²) < 4.78 is 32.9. The normalized spacial score (nSPS) is 14.9. The SMILES string of the molecule is Cc1ccc(OP(=O)(Oc2ccc(N3C(=O)c4ccc(Oc5ccc6c(c5)C(=O)N(I)C6=O)cc4C3=O)cc2)c2ccccc2)cc1. The third-order valence-electron chi connectivity index (χ3n) is 7.54. The number of hydrogen-bond acceptors (Lipinski definition) is 8. The summed E-state index contributed by atoms with van der Waals surface area (Å²) in [6, 6.07) is 30.8. The minimum Gasteiger partial charge on any atom is -0.457 e. The Hall–Kier alpha value is -5.26. The van der Waals surface area contributed by atoms with E-state index in [4.69, 9.17) is 13.8 Å². The second-order valence-electron chi connectivity index (χ2n) is 10.7. The van der Waals surface area contributed by atoms with Gasteiger partial charge in [-0.2, -0.15) is 0 Å². The largest absolute Gasteiger partial charge is 0.462 e. The number of imide groups is 2. The number of anilines is 1. The van der Waals surface area contributed by atoms with E-state index in [-0.39, 0.29) is 39.4 Å². The fraction of sp³-hybridized carbons (Fsp3) is 0.0286. The van der Waals surface area contributed by atoms with Crippen molar-refractivity contribution in [3.63, 3.8) is 0 Å². The highest BCUT2D eigenvalue weighted by Crippen LogP contribution is 2.48. The Balaban J connectivity index is 1.10. The summed E-state index contributed by atoms with van der Waals surface area (Å²) >= 11 is 1.65. The Morgan fingerprint density at radius 3 is 1.62 bits per heavy atom. The zero-order chi connectivity index (χ0) is 32.9. The maximum atomic E-state index is 14.1. The Bertz CT molecular complexity index is 2150. The number of amides is 4. The van der Waals surface area contributed by atoms with Gasteiger partial charge in [-0.1, -0.05) is 35.9 Å². The molecule has 0 saturated heterocycles. The fourth-order valence-electron chi connectivity index (χ4n) is 5.18. The highest BCUT2D eigenvalue weighted by Gasteiger charge is 2.38. The smallest absolute Gasteiger partial charge is 0.457 e. The van der Waals surface area contributed by atoms with Crippen molar-refractivity contribution in [2.45, 2.75) is 6.92 Å². The van der Waals surface area contributed by atoms with Gasteiger partial charge in [-0.25, -0.2) is 12.6 Å². The van der Waals surface area contributed by atoms with Gasteiger partial charge in [0.25, 0.3) is 23.6 Å². The number of halogens is 1. The van der Waals surface area contributed by atoms with Crippen LogP contribution in [-0.4, -0.2) is 26.7 Å². The lowest BCUT2D eigenvalue weighted by atomic mass is 10.1. The molecule has 0 aromatic heterocycles. The van der Waals surface area contributed by atoms with Gasteiger partial charge in [0, 0.05) is 0 Å². The van der Waals surface area contributed by atoms with Crippen LogP contribution in [0.5, 0.6) is 23.0 Å². The van der Waals surface area contributed by atoms with E-state index in [0.717, 1.165) is 13.6 Å². The van der Waals surface area contributed by atoms with Gasteiger partial charge in [0.1, 0.15) is 23.0 Å². The van der Waals surface area contributed by atoms with Gasteiger partial charge in [0.15, 0.2) is 0 Å². The molecule has 47 heavy (non-hydrogen) atoms. The summed E-state index contributed by atoms with van der Waals surface area (Å²) in [6.07, 6.45) is 0. The third kappa shape index (κ3) is 5.57. The lowest BCUT2D eigenvalue weighted by Crippen LogP contribution is -2.29. The number of hydrogen-bond donors (Lipinski definition) is 0. The Morgan fingerprint density at radius 1 is 0.553 bits per heavy atom. The van der Waals surface area contributed by atoms with Crippen LogP contribution in [0, 0.1) is 6.92 Å². The van der Waals surface area contributed by atoms with Crippen molar-refractivity contribution < 1.29 is 37.5 Å². The van der Waals surface area contributed by atoms with Crippen molar-refractivity contribution in [1.82, 2.24) is 3.11 Å². The molecule has 0 bridgehead atoms. The monoisotopic (exact) mass is 756 g/mol. The quantitative estimate of drug-likeness (QED) is 0.0691. The molecule has 5 aromatic carbocycles. The molecule has 5 aromatic rings. The van der Waals surface area contributed by atoms with Crippen LogP contribution in [0.2, 0.25) is 0 Å². The zero-order valence-corrected chi connectivity index (χ0v) is 27.5. The van der Waals surface area contributed by atoms with Crippen molar-refractivity contribution in [2.75, 3.05) is 4.90 Å². The molecular formula is C35H22IN2O8P. The number of fused-ring (bicyclic) bond motifs is 2. The molecule has 0 saturated carbocycles. The number of benzene rings is 5. The van der Waals surface area contributed by atoms with Crippen LogP contribution in [0.1, 0.15) is 47.0 Å². The van der Waals surface area contributed by atoms with E-state index in [1.165, 1.54) is 48.5 Å². The third-order valence-corrected chi connectivity index (χ3v) is 10.3. The minimum absolute atomic E-state index is 0.138. The van der Waals surface area contributed by atoms with Crippen LogP contribution in [0.3, 0.4) is 0 Å². The molecule has 7 rings (SSSR count). The molecule has 2 heterocycles. The van der Waals surface area contributed by atoms with Gasteiger partial charge >= 0.3 is 7.60 Å². The van der Waals surface area contributed by atoms with E-state index >= 15 is 0 Å². The Kier molecular flexibility index (Phi) is 7.65. The van der Waals surface area contributed by atoms with Crippen molar-refractivity contribution in [3.05, 3.63) is 143 Å². The van der Waals surface area contributed by atoms with Crippen LogP contribution in [0.4, 0.5) is 5.69 Å². The molecule has 2 aliphatic rings. The van der Waals surface area contributed by atoms with Gasteiger partial charge in [-0.05, 0) is 91.9 Å². The maximum absolute atomic E-state index is 14.1. The average molecular weight is 756 g/mol. The standard InChI is InChI=1S/C35H22IN2O8P/c1-21-7-11-23(12-8-21)45-47(43,27-5-3-2-4-6-27)46-24-13-9-22(10-14-24)37-32(39)28-17-15-25(19-30(28)33(37)40)44-26-16-18-29-31(20-26)35(42)38(36)34(29)41/h2-20H,1H3. The summed E-state index contributed by atoms with van der Waals surface area (Å²) in [6.45, 7) is 1.93. The first-order valence-electron chi connectivity index (χ1n) is 14.2. The lowest BCUT2D eigenvalue weighted by molar-refractivity contribution is 0.0794. The number of rotatable bonds is 8. The number of nitrogens with zero attached hydrogens (tertiary/aromatic N) is 2. The first kappa shape index (κ1) is 30.4. The highest BCUT2D eigenvalue weighted by atomic mass is 127. The van der Waals surface area contributed by atoms with E-state index in [0.29, 0.717) is 16.8 Å². The zero-order valence-electron chi connectivity index (χ0n) is 24.5. The fourth-order valence-corrected chi connectivity index (χ4v) is 7.28. The molecule has 4 amide bonds. The molecule has 12 heteroatoms. The average Bonchev–Trinajstić information content (AvgIpc) is 3.45. The van der Waals surface area contributed by atoms with Crippen molar-refractivity contribution in [3.8, 4) is 23.0 Å². The second kappa shape index (κ2) is 11.8. The maximum Gasteiger partial charge on any atom is 0.462 e. The number of carbonyl (C=O) groups excluding carboxylic acids is 4. The number of aryl methyl sites for hydroxylation is 1. The van der Waals surface area contributed by atoms with Gasteiger partial charge < -0.3 is 13.8 Å². The van der Waals surface area contributed by atoms with Gasteiger partial charge in [0.2, 0.25) is 0 Å². The van der Waals surface area contributed by atoms with Gasteiger partial charge in [-0.3, -0.25) is 19.2 Å². The van der Waals surface area contributed by atoms with Crippen LogP contribution in [0.25, 0.3) is 0 Å². The number of ether oxygens (including phenoxy) is 1. The summed E-state index contributed by atoms with van der Waals surface area (Å²) in [7, 11) is -3.89. The summed E-state index contributed by atoms with van der Waals surface area (Å²) in [5.74, 6) is -0.785. The van der Waals surface area contributed by atoms with Crippen molar-refractivity contribution in [2.24, 2.45) is 0 Å². The summed E-state index contributed by atoms with van der Waals surface area (Å²) in [4.78, 5) is 52.4. The van der Waals surface area contributed by atoms with Gasteiger partial charge in [0.05, 0.1) is 56.1 Å². The van der Waals surface area contributed by atoms with E-state index in [2.05, 4.69) is 0 Å². The number of carbonyl (C=O) groups is 4. The molecule has 0 fully saturated rings. The molecule has 2 aliphatic heterocycles. The van der Waals surface area contributed by atoms with Crippen LogP contribution in [-0.2, 0) is 4.57 Å². The first-order valence-corrected chi connectivity index (χ1v) is 16.7. The summed E-state index contributed by atoms with van der Waals surface area (Å²) in [5.41, 5.74) is 2.13. The van der Waals surface area contributed by atoms with E-state index in [1.54, 1.807) is 77.5 Å². The molecule has 1 unspecified atom stereocenters. The highest BCUT2D eigenvalue weighted by molar-refractivity contribution is 14.1. The van der Waals surface area contributed by atoms with Crippen LogP contribution in [0.15, 0.2) is 115 Å². The van der Waals surface area contributed by atoms with E-state index in [1.807, 2.05) is 19.1 Å². The van der Waals surface area contributed by atoms with Crippen LogP contribution >= 0.6 is 30.5 Å². The molecule has 1 atom stereocenters. The van der Waals surface area contributed by atoms with Crippen molar-refractivity contribution >= 4 is 65.1 Å². The molecule has 0 spiro atoms. The van der Waals surface area contributed by atoms with Crippen molar-refractivity contribution in [1.29, 1.82) is 0 Å². The molecule has 0 radical (unpaired) electrons. The van der Waals surface area contributed by atoms with E-state index in [9.17, 15) is 23.7 Å². The molecule has 10 nitrogen and oxygen atoms in total. The predicted molar refractivity (Wildman–Crippen MR) is 181 cm³/mol. The second-order valence-corrected chi connectivity index (χ2v) is 13.5. The van der Waals surface area contributed by atoms with Gasteiger partial charge in [-0.15, -0.1) is 0 Å². The topological polar surface area (TPSA) is 120 Å². The minimum atomic E-state index is -3.89. The Labute approximate surface area is 282 Å². The molecule has 0 N–H and O–H groups in total. The predicted octanol–water partition coefficient (Wildman–Crippen LogP) is 7.51.